The quantitative estimate of drug-likeness (QED) is 0.692. The van der Waals surface area contributed by atoms with Gasteiger partial charge in [0, 0.05) is 12.7 Å². The Kier molecular flexibility index (Phi) is 6.45. The van der Waals surface area contributed by atoms with Crippen molar-refractivity contribution in [1.82, 2.24) is 10.6 Å². The third kappa shape index (κ3) is 5.15. The summed E-state index contributed by atoms with van der Waals surface area (Å²) in [6, 6.07) is 8.89. The largest absolute Gasteiger partial charge is 0.449 e. The highest BCUT2D eigenvalue weighted by Gasteiger charge is 2.20. The molecule has 136 valence electrons. The number of esters is 1. The van der Waals surface area contributed by atoms with Crippen molar-refractivity contribution in [2.24, 2.45) is 0 Å². The maximum atomic E-state index is 12.2. The molecular weight excluding hydrogens is 358 g/mol. The van der Waals surface area contributed by atoms with Crippen LogP contribution >= 0.6 is 11.3 Å². The molecular formula is C17H17N3O5S. The van der Waals surface area contributed by atoms with Crippen LogP contribution in [0, 0.1) is 0 Å². The molecule has 4 amide bonds. The second-order valence-electron chi connectivity index (χ2n) is 5.13. The molecule has 0 aliphatic rings. The molecule has 1 atom stereocenters. The number of rotatable bonds is 5. The molecule has 0 aliphatic carbocycles. The molecule has 1 aromatic heterocycles. The molecule has 8 nitrogen and oxygen atoms in total. The number of thiophene rings is 1. The van der Waals surface area contributed by atoms with Gasteiger partial charge in [-0.2, -0.15) is 0 Å². The van der Waals surface area contributed by atoms with Crippen LogP contribution in [-0.2, 0) is 9.53 Å². The number of urea groups is 1. The fourth-order valence-corrected chi connectivity index (χ4v) is 2.50. The number of hydrogen-bond acceptors (Lipinski definition) is 6. The average molecular weight is 375 g/mol. The normalized spacial score (nSPS) is 11.2. The molecule has 2 rings (SSSR count). The van der Waals surface area contributed by atoms with Gasteiger partial charge in [0.05, 0.1) is 10.4 Å². The maximum Gasteiger partial charge on any atom is 0.338 e. The van der Waals surface area contributed by atoms with Crippen LogP contribution in [0.4, 0.5) is 10.5 Å². The maximum absolute atomic E-state index is 12.2. The SMILES string of the molecule is CNC(=O)NC(=O)C(C)OC(=O)c1cccc(NC(=O)c2cccs2)c1. The standard InChI is InChI=1S/C17H17N3O5S/c1-10(14(21)20-17(24)18-2)25-16(23)11-5-3-6-12(9-11)19-15(22)13-7-4-8-26-13/h3-10H,1-2H3,(H,19,22)(H2,18,20,21,24). The molecule has 0 radical (unpaired) electrons. The molecule has 2 aromatic rings. The highest BCUT2D eigenvalue weighted by molar-refractivity contribution is 7.12. The molecule has 0 saturated carbocycles. The van der Waals surface area contributed by atoms with Gasteiger partial charge in [-0.05, 0) is 36.6 Å². The Labute approximate surface area is 153 Å². The Balaban J connectivity index is 2.00. The molecule has 0 bridgehead atoms. The second-order valence-corrected chi connectivity index (χ2v) is 6.08. The van der Waals surface area contributed by atoms with Crippen molar-refractivity contribution in [1.29, 1.82) is 0 Å². The minimum absolute atomic E-state index is 0.161. The third-order valence-electron chi connectivity index (χ3n) is 3.22. The summed E-state index contributed by atoms with van der Waals surface area (Å²) in [6.45, 7) is 1.35. The number of hydrogen-bond donors (Lipinski definition) is 3. The number of nitrogens with one attached hydrogen (secondary N) is 3. The molecule has 0 saturated heterocycles. The van der Waals surface area contributed by atoms with Gasteiger partial charge < -0.3 is 15.4 Å². The van der Waals surface area contributed by atoms with E-state index in [9.17, 15) is 19.2 Å². The summed E-state index contributed by atoms with van der Waals surface area (Å²) < 4.78 is 5.03. The minimum Gasteiger partial charge on any atom is -0.449 e. The van der Waals surface area contributed by atoms with E-state index in [2.05, 4.69) is 10.6 Å². The van der Waals surface area contributed by atoms with Crippen LogP contribution in [0.2, 0.25) is 0 Å². The van der Waals surface area contributed by atoms with Gasteiger partial charge in [0.2, 0.25) is 0 Å². The smallest absolute Gasteiger partial charge is 0.338 e. The van der Waals surface area contributed by atoms with Crippen molar-refractivity contribution in [3.8, 4) is 0 Å². The van der Waals surface area contributed by atoms with E-state index >= 15 is 0 Å². The van der Waals surface area contributed by atoms with Crippen LogP contribution in [0.5, 0.6) is 0 Å². The topological polar surface area (TPSA) is 114 Å². The van der Waals surface area contributed by atoms with Crippen LogP contribution in [-0.4, -0.2) is 37.0 Å². The van der Waals surface area contributed by atoms with E-state index in [0.29, 0.717) is 10.6 Å². The van der Waals surface area contributed by atoms with Crippen LogP contribution in [0.1, 0.15) is 27.0 Å². The van der Waals surface area contributed by atoms with Crippen molar-refractivity contribution in [2.75, 3.05) is 12.4 Å². The van der Waals surface area contributed by atoms with E-state index in [1.807, 2.05) is 5.32 Å². The minimum atomic E-state index is -1.16. The summed E-state index contributed by atoms with van der Waals surface area (Å²) in [5.41, 5.74) is 0.578. The van der Waals surface area contributed by atoms with Gasteiger partial charge in [-0.1, -0.05) is 12.1 Å². The van der Waals surface area contributed by atoms with Gasteiger partial charge in [-0.3, -0.25) is 14.9 Å². The number of imide groups is 1. The van der Waals surface area contributed by atoms with E-state index in [1.54, 1.807) is 29.6 Å². The van der Waals surface area contributed by atoms with Crippen molar-refractivity contribution in [3.63, 3.8) is 0 Å². The number of carbonyl (C=O) groups is 4. The zero-order valence-corrected chi connectivity index (χ0v) is 14.9. The Morgan fingerprint density at radius 2 is 1.88 bits per heavy atom. The van der Waals surface area contributed by atoms with Crippen molar-refractivity contribution < 1.29 is 23.9 Å². The summed E-state index contributed by atoms with van der Waals surface area (Å²) in [6.07, 6.45) is -1.16. The fraction of sp³-hybridized carbons (Fsp3) is 0.176. The van der Waals surface area contributed by atoms with Gasteiger partial charge in [0.25, 0.3) is 11.8 Å². The monoisotopic (exact) mass is 375 g/mol. The molecule has 26 heavy (non-hydrogen) atoms. The van der Waals surface area contributed by atoms with Gasteiger partial charge in [0.15, 0.2) is 6.10 Å². The third-order valence-corrected chi connectivity index (χ3v) is 4.09. The van der Waals surface area contributed by atoms with Gasteiger partial charge in [0.1, 0.15) is 0 Å². The number of anilines is 1. The lowest BCUT2D eigenvalue weighted by atomic mass is 10.2. The zero-order chi connectivity index (χ0) is 19.1. The lowest BCUT2D eigenvalue weighted by Crippen LogP contribution is -2.43. The number of carbonyl (C=O) groups excluding carboxylic acids is 4. The molecule has 0 aliphatic heterocycles. The summed E-state index contributed by atoms with van der Waals surface area (Å²) in [7, 11) is 1.36. The van der Waals surface area contributed by atoms with Crippen LogP contribution < -0.4 is 16.0 Å². The highest BCUT2D eigenvalue weighted by atomic mass is 32.1. The first-order valence-electron chi connectivity index (χ1n) is 7.59. The predicted octanol–water partition coefficient (Wildman–Crippen LogP) is 2.00. The van der Waals surface area contributed by atoms with Crippen LogP contribution in [0.15, 0.2) is 41.8 Å². The van der Waals surface area contributed by atoms with E-state index in [4.69, 9.17) is 4.74 Å². The van der Waals surface area contributed by atoms with E-state index < -0.39 is 24.0 Å². The Morgan fingerprint density at radius 3 is 2.54 bits per heavy atom. The van der Waals surface area contributed by atoms with E-state index in [1.165, 1.54) is 37.4 Å². The molecule has 0 fully saturated rings. The molecule has 1 aromatic carbocycles. The summed E-state index contributed by atoms with van der Waals surface area (Å²) in [5, 5.41) is 8.71. The first-order chi connectivity index (χ1) is 12.4. The molecule has 1 heterocycles. The lowest BCUT2D eigenvalue weighted by Gasteiger charge is -2.13. The van der Waals surface area contributed by atoms with Gasteiger partial charge in [-0.15, -0.1) is 11.3 Å². The average Bonchev–Trinajstić information content (AvgIpc) is 3.16. The van der Waals surface area contributed by atoms with Gasteiger partial charge in [-0.25, -0.2) is 9.59 Å². The van der Waals surface area contributed by atoms with Crippen LogP contribution in [0.3, 0.4) is 0 Å². The predicted molar refractivity (Wildman–Crippen MR) is 96.2 cm³/mol. The first kappa shape index (κ1) is 19.1. The highest BCUT2D eigenvalue weighted by Crippen LogP contribution is 2.16. The Morgan fingerprint density at radius 1 is 1.12 bits per heavy atom. The van der Waals surface area contributed by atoms with Crippen molar-refractivity contribution in [2.45, 2.75) is 13.0 Å². The van der Waals surface area contributed by atoms with E-state index in [-0.39, 0.29) is 11.5 Å². The van der Waals surface area contributed by atoms with Crippen molar-refractivity contribution >= 4 is 40.8 Å². The molecule has 0 spiro atoms. The van der Waals surface area contributed by atoms with Crippen LogP contribution in [0.25, 0.3) is 0 Å². The van der Waals surface area contributed by atoms with E-state index in [0.717, 1.165) is 0 Å². The van der Waals surface area contributed by atoms with Gasteiger partial charge >= 0.3 is 12.0 Å². The zero-order valence-electron chi connectivity index (χ0n) is 14.1. The second kappa shape index (κ2) is 8.77. The summed E-state index contributed by atoms with van der Waals surface area (Å²) in [5.74, 6) is -1.79. The first-order valence-corrected chi connectivity index (χ1v) is 8.47. The molecule has 1 unspecified atom stereocenters. The molecule has 9 heteroatoms. The lowest BCUT2D eigenvalue weighted by molar-refractivity contribution is -0.127. The Hall–Kier alpha value is -3.20. The summed E-state index contributed by atoms with van der Waals surface area (Å²) in [4.78, 5) is 47.6. The fourth-order valence-electron chi connectivity index (χ4n) is 1.88. The molecule has 3 N–H and O–H groups in total. The number of amides is 4. The van der Waals surface area contributed by atoms with Crippen molar-refractivity contribution in [3.05, 3.63) is 52.2 Å². The number of benzene rings is 1. The summed E-state index contributed by atoms with van der Waals surface area (Å²) >= 11 is 1.30. The number of ether oxygens (including phenoxy) is 1. The Bertz CT molecular complexity index is 820.